The monoisotopic (exact) mass is 242 g/mol. The van der Waals surface area contributed by atoms with Gasteiger partial charge in [0.25, 0.3) is 0 Å². The lowest BCUT2D eigenvalue weighted by atomic mass is 10.2. The molecule has 0 radical (unpaired) electrons. The Bertz CT molecular complexity index is 366. The molecule has 0 heterocycles. The normalized spacial score (nSPS) is 10.1. The minimum atomic E-state index is 0.376. The van der Waals surface area contributed by atoms with Crippen LogP contribution in [0.2, 0.25) is 5.02 Å². The van der Waals surface area contributed by atoms with Gasteiger partial charge in [0, 0.05) is 19.2 Å². The molecule has 1 rings (SSSR count). The molecule has 2 N–H and O–H groups in total. The number of hydrogen-bond donors (Lipinski definition) is 1. The molecule has 4 heteroatoms. The molecule has 1 aromatic carbocycles. The van der Waals surface area contributed by atoms with Crippen molar-refractivity contribution in [1.82, 2.24) is 0 Å². The molecule has 15 heavy (non-hydrogen) atoms. The van der Waals surface area contributed by atoms with Crippen LogP contribution in [0, 0.1) is 0 Å². The molecular weight excluding hydrogens is 228 g/mol. The Balaban J connectivity index is 2.97. The van der Waals surface area contributed by atoms with E-state index in [1.54, 1.807) is 0 Å². The first-order valence-corrected chi connectivity index (χ1v) is 5.65. The van der Waals surface area contributed by atoms with E-state index in [4.69, 9.17) is 29.6 Å². The fourth-order valence-electron chi connectivity index (χ4n) is 1.43. The van der Waals surface area contributed by atoms with Crippen LogP contribution in [-0.4, -0.2) is 18.6 Å². The van der Waals surface area contributed by atoms with E-state index in [0.717, 1.165) is 24.2 Å². The smallest absolute Gasteiger partial charge is 0.104 e. The summed E-state index contributed by atoms with van der Waals surface area (Å²) in [6.07, 6.45) is 1.09. The number of thiocarbonyl (C=S) groups is 1. The second-order valence-electron chi connectivity index (χ2n) is 3.45. The third-order valence-corrected chi connectivity index (χ3v) is 2.74. The van der Waals surface area contributed by atoms with Crippen molar-refractivity contribution in [3.05, 3.63) is 28.8 Å². The number of benzene rings is 1. The summed E-state index contributed by atoms with van der Waals surface area (Å²) in [5, 5.41) is 0.691. The summed E-state index contributed by atoms with van der Waals surface area (Å²) >= 11 is 11.0. The molecule has 1 aromatic rings. The average Bonchev–Trinajstić information content (AvgIpc) is 2.17. The highest BCUT2D eigenvalue weighted by atomic mass is 35.5. The van der Waals surface area contributed by atoms with Gasteiger partial charge in [-0.3, -0.25) is 0 Å². The number of hydrogen-bond acceptors (Lipinski definition) is 2. The van der Waals surface area contributed by atoms with Gasteiger partial charge in [0.15, 0.2) is 0 Å². The fourth-order valence-corrected chi connectivity index (χ4v) is 1.88. The Labute approximate surface area is 101 Å². The van der Waals surface area contributed by atoms with Crippen LogP contribution in [0.25, 0.3) is 0 Å². The lowest BCUT2D eigenvalue weighted by molar-refractivity contribution is 0.852. The van der Waals surface area contributed by atoms with Gasteiger partial charge in [-0.05, 0) is 24.6 Å². The fraction of sp³-hybridized carbons (Fsp3) is 0.364. The van der Waals surface area contributed by atoms with Crippen molar-refractivity contribution < 1.29 is 0 Å². The van der Waals surface area contributed by atoms with E-state index in [1.165, 1.54) is 0 Å². The number of rotatable bonds is 4. The number of nitrogens with zero attached hydrogens (tertiary/aromatic N) is 1. The van der Waals surface area contributed by atoms with E-state index >= 15 is 0 Å². The molecule has 0 aliphatic carbocycles. The van der Waals surface area contributed by atoms with Crippen LogP contribution in [0.5, 0.6) is 0 Å². The number of anilines is 1. The molecular formula is C11H15ClN2S. The molecule has 0 bridgehead atoms. The van der Waals surface area contributed by atoms with Gasteiger partial charge in [0.1, 0.15) is 4.99 Å². The Morgan fingerprint density at radius 1 is 1.53 bits per heavy atom. The van der Waals surface area contributed by atoms with Crippen molar-refractivity contribution in [2.24, 2.45) is 5.73 Å². The summed E-state index contributed by atoms with van der Waals surface area (Å²) in [6, 6.07) is 5.66. The lowest BCUT2D eigenvalue weighted by Gasteiger charge is -2.20. The highest BCUT2D eigenvalue weighted by Gasteiger charge is 2.06. The maximum atomic E-state index is 6.15. The van der Waals surface area contributed by atoms with Gasteiger partial charge in [-0.1, -0.05) is 30.7 Å². The third-order valence-electron chi connectivity index (χ3n) is 2.20. The van der Waals surface area contributed by atoms with Crippen LogP contribution >= 0.6 is 23.8 Å². The van der Waals surface area contributed by atoms with Gasteiger partial charge < -0.3 is 10.6 Å². The van der Waals surface area contributed by atoms with Crippen molar-refractivity contribution in [1.29, 1.82) is 0 Å². The van der Waals surface area contributed by atoms with Gasteiger partial charge >= 0.3 is 0 Å². The van der Waals surface area contributed by atoms with Crippen molar-refractivity contribution in [3.8, 4) is 0 Å². The van der Waals surface area contributed by atoms with Crippen LogP contribution in [0.1, 0.15) is 18.9 Å². The SMILES string of the molecule is CCCN(C)c1ccc(C(N)=S)cc1Cl. The molecule has 0 atom stereocenters. The third kappa shape index (κ3) is 3.08. The van der Waals surface area contributed by atoms with Gasteiger partial charge in [0.05, 0.1) is 10.7 Å². The topological polar surface area (TPSA) is 29.3 Å². The molecule has 2 nitrogen and oxygen atoms in total. The van der Waals surface area contributed by atoms with Crippen molar-refractivity contribution >= 4 is 34.5 Å². The second-order valence-corrected chi connectivity index (χ2v) is 4.30. The summed E-state index contributed by atoms with van der Waals surface area (Å²) in [5.41, 5.74) is 7.35. The van der Waals surface area contributed by atoms with Crippen LogP contribution in [0.4, 0.5) is 5.69 Å². The van der Waals surface area contributed by atoms with Gasteiger partial charge in [-0.25, -0.2) is 0 Å². The van der Waals surface area contributed by atoms with Gasteiger partial charge in [0.2, 0.25) is 0 Å². The first kappa shape index (κ1) is 12.3. The molecule has 0 aliphatic heterocycles. The maximum absolute atomic E-state index is 6.15. The minimum Gasteiger partial charge on any atom is -0.389 e. The largest absolute Gasteiger partial charge is 0.389 e. The summed E-state index contributed by atoms with van der Waals surface area (Å²) in [5.74, 6) is 0. The van der Waals surface area contributed by atoms with E-state index in [2.05, 4.69) is 11.8 Å². The highest BCUT2D eigenvalue weighted by molar-refractivity contribution is 7.80. The molecule has 0 unspecified atom stereocenters. The zero-order chi connectivity index (χ0) is 11.4. The Morgan fingerprint density at radius 2 is 2.20 bits per heavy atom. The quantitative estimate of drug-likeness (QED) is 0.824. The standard InChI is InChI=1S/C11H15ClN2S/c1-3-6-14(2)10-5-4-8(11(13)15)7-9(10)12/h4-5,7H,3,6H2,1-2H3,(H2,13,15). The molecule has 0 fully saturated rings. The zero-order valence-corrected chi connectivity index (χ0v) is 10.5. The van der Waals surface area contributed by atoms with E-state index < -0.39 is 0 Å². The van der Waals surface area contributed by atoms with Gasteiger partial charge in [-0.2, -0.15) is 0 Å². The second kappa shape index (κ2) is 5.33. The predicted octanol–water partition coefficient (Wildman–Crippen LogP) is 2.82. The summed E-state index contributed by atoms with van der Waals surface area (Å²) < 4.78 is 0. The van der Waals surface area contributed by atoms with E-state index in [0.29, 0.717) is 10.0 Å². The lowest BCUT2D eigenvalue weighted by Crippen LogP contribution is -2.18. The summed E-state index contributed by atoms with van der Waals surface area (Å²) in [6.45, 7) is 3.11. The van der Waals surface area contributed by atoms with Crippen LogP contribution < -0.4 is 10.6 Å². The molecule has 0 amide bonds. The van der Waals surface area contributed by atoms with E-state index in [1.807, 2.05) is 25.2 Å². The average molecular weight is 243 g/mol. The Morgan fingerprint density at radius 3 is 2.67 bits per heavy atom. The van der Waals surface area contributed by atoms with Crippen LogP contribution in [0.3, 0.4) is 0 Å². The van der Waals surface area contributed by atoms with Crippen LogP contribution in [-0.2, 0) is 0 Å². The highest BCUT2D eigenvalue weighted by Crippen LogP contribution is 2.26. The molecule has 0 saturated carbocycles. The Hall–Kier alpha value is -0.800. The molecule has 0 aromatic heterocycles. The van der Waals surface area contributed by atoms with E-state index in [-0.39, 0.29) is 0 Å². The minimum absolute atomic E-state index is 0.376. The molecule has 0 saturated heterocycles. The number of halogens is 1. The van der Waals surface area contributed by atoms with E-state index in [9.17, 15) is 0 Å². The first-order chi connectivity index (χ1) is 7.06. The zero-order valence-electron chi connectivity index (χ0n) is 8.96. The van der Waals surface area contributed by atoms with Gasteiger partial charge in [-0.15, -0.1) is 0 Å². The summed E-state index contributed by atoms with van der Waals surface area (Å²) in [7, 11) is 2.02. The van der Waals surface area contributed by atoms with Crippen molar-refractivity contribution in [2.45, 2.75) is 13.3 Å². The molecule has 0 spiro atoms. The summed E-state index contributed by atoms with van der Waals surface area (Å²) in [4.78, 5) is 2.49. The first-order valence-electron chi connectivity index (χ1n) is 4.86. The van der Waals surface area contributed by atoms with Crippen molar-refractivity contribution in [3.63, 3.8) is 0 Å². The van der Waals surface area contributed by atoms with Crippen molar-refractivity contribution in [2.75, 3.05) is 18.5 Å². The molecule has 0 aliphatic rings. The predicted molar refractivity (Wildman–Crippen MR) is 70.9 cm³/mol. The number of nitrogens with two attached hydrogens (primary N) is 1. The Kier molecular flexibility index (Phi) is 4.36. The molecule has 82 valence electrons. The maximum Gasteiger partial charge on any atom is 0.104 e. The van der Waals surface area contributed by atoms with Crippen LogP contribution in [0.15, 0.2) is 18.2 Å².